The number of fused-ring (bicyclic) bond motifs is 1. The zero-order valence-electron chi connectivity index (χ0n) is 16.8. The topological polar surface area (TPSA) is 79.6 Å². The Hall–Kier alpha value is -2.12. The second-order valence-electron chi connectivity index (χ2n) is 8.35. The Morgan fingerprint density at radius 1 is 1.26 bits per heavy atom. The maximum Gasteiger partial charge on any atom is 0.319 e. The second kappa shape index (κ2) is 7.86. The quantitative estimate of drug-likeness (QED) is 0.858. The Kier molecular flexibility index (Phi) is 5.72. The number of ether oxygens (including phenoxy) is 1. The van der Waals surface area contributed by atoms with Crippen LogP contribution >= 0.6 is 0 Å². The average Bonchev–Trinajstić information content (AvgIpc) is 2.97. The van der Waals surface area contributed by atoms with Crippen LogP contribution in [0.2, 0.25) is 0 Å². The van der Waals surface area contributed by atoms with Crippen molar-refractivity contribution in [2.75, 3.05) is 31.5 Å². The number of carbonyl (C=O) groups excluding carboxylic acids is 1. The highest BCUT2D eigenvalue weighted by Crippen LogP contribution is 2.27. The molecular formula is C20H30N4O3. The lowest BCUT2D eigenvalue weighted by Crippen LogP contribution is -2.48. The number of benzene rings is 1. The summed E-state index contributed by atoms with van der Waals surface area (Å²) in [4.78, 5) is 19.0. The Balaban J connectivity index is 1.51. The van der Waals surface area contributed by atoms with E-state index in [1.165, 1.54) is 0 Å². The van der Waals surface area contributed by atoms with Gasteiger partial charge >= 0.3 is 6.03 Å². The molecule has 0 aliphatic carbocycles. The number of urea groups is 1. The van der Waals surface area contributed by atoms with E-state index in [4.69, 9.17) is 9.15 Å². The van der Waals surface area contributed by atoms with Crippen LogP contribution in [0, 0.1) is 0 Å². The highest BCUT2D eigenvalue weighted by Gasteiger charge is 2.22. The van der Waals surface area contributed by atoms with E-state index in [9.17, 15) is 4.79 Å². The van der Waals surface area contributed by atoms with Gasteiger partial charge in [-0.1, -0.05) is 20.8 Å². The third-order valence-electron chi connectivity index (χ3n) is 4.50. The van der Waals surface area contributed by atoms with Crippen molar-refractivity contribution in [1.29, 1.82) is 0 Å². The first kappa shape index (κ1) is 19.6. The van der Waals surface area contributed by atoms with Gasteiger partial charge in [0.2, 0.25) is 5.89 Å². The molecule has 148 valence electrons. The summed E-state index contributed by atoms with van der Waals surface area (Å²) in [5.74, 6) is 0.688. The first-order chi connectivity index (χ1) is 12.7. The van der Waals surface area contributed by atoms with E-state index in [1.54, 1.807) is 0 Å². The van der Waals surface area contributed by atoms with Gasteiger partial charge in [-0.25, -0.2) is 9.78 Å². The summed E-state index contributed by atoms with van der Waals surface area (Å²) in [5.41, 5.74) is 2.01. The number of hydrogen-bond donors (Lipinski definition) is 2. The molecular weight excluding hydrogens is 344 g/mol. The zero-order chi connectivity index (χ0) is 19.6. The summed E-state index contributed by atoms with van der Waals surface area (Å²) >= 11 is 0. The van der Waals surface area contributed by atoms with Crippen LogP contribution in [0.3, 0.4) is 0 Å². The molecule has 1 aromatic heterocycles. The molecule has 2 N–H and O–H groups in total. The monoisotopic (exact) mass is 374 g/mol. The Morgan fingerprint density at radius 3 is 2.63 bits per heavy atom. The van der Waals surface area contributed by atoms with Crippen LogP contribution in [-0.4, -0.2) is 54.3 Å². The van der Waals surface area contributed by atoms with Gasteiger partial charge in [0.1, 0.15) is 5.52 Å². The molecule has 0 spiro atoms. The first-order valence-electron chi connectivity index (χ1n) is 9.54. The maximum atomic E-state index is 12.2. The van der Waals surface area contributed by atoms with Crippen LogP contribution in [-0.2, 0) is 10.2 Å². The van der Waals surface area contributed by atoms with Crippen molar-refractivity contribution in [3.8, 4) is 0 Å². The summed E-state index contributed by atoms with van der Waals surface area (Å²) in [5, 5.41) is 5.77. The van der Waals surface area contributed by atoms with Crippen molar-refractivity contribution in [3.05, 3.63) is 24.1 Å². The number of morpholine rings is 1. The third kappa shape index (κ3) is 5.20. The molecule has 2 heterocycles. The van der Waals surface area contributed by atoms with Crippen molar-refractivity contribution in [2.45, 2.75) is 52.2 Å². The fourth-order valence-electron chi connectivity index (χ4n) is 3.30. The molecule has 1 aliphatic heterocycles. The predicted octanol–water partition coefficient (Wildman–Crippen LogP) is 3.36. The van der Waals surface area contributed by atoms with Crippen molar-refractivity contribution in [3.63, 3.8) is 0 Å². The van der Waals surface area contributed by atoms with E-state index in [1.807, 2.05) is 18.2 Å². The minimum Gasteiger partial charge on any atom is -0.440 e. The standard InChI is InChI=1S/C20H30N4O3/c1-13-11-24(12-14(2)26-13)9-8-21-19(25)22-15-6-7-17-16(10-15)23-18(27-17)20(3,4)5/h6-7,10,13-14H,8-9,11-12H2,1-5H3,(H2,21,22,25). The molecule has 1 aromatic carbocycles. The molecule has 1 saturated heterocycles. The van der Waals surface area contributed by atoms with Gasteiger partial charge < -0.3 is 19.8 Å². The molecule has 0 bridgehead atoms. The first-order valence-corrected chi connectivity index (χ1v) is 9.54. The normalized spacial score (nSPS) is 21.4. The van der Waals surface area contributed by atoms with Crippen molar-refractivity contribution < 1.29 is 13.9 Å². The molecule has 2 unspecified atom stereocenters. The summed E-state index contributed by atoms with van der Waals surface area (Å²) in [6.07, 6.45) is 0.463. The highest BCUT2D eigenvalue weighted by atomic mass is 16.5. The van der Waals surface area contributed by atoms with Gasteiger partial charge in [-0.15, -0.1) is 0 Å². The van der Waals surface area contributed by atoms with Gasteiger partial charge in [-0.3, -0.25) is 4.90 Å². The molecule has 27 heavy (non-hydrogen) atoms. The number of nitrogens with zero attached hydrogens (tertiary/aromatic N) is 2. The van der Waals surface area contributed by atoms with Gasteiger partial charge in [0.15, 0.2) is 5.58 Å². The largest absolute Gasteiger partial charge is 0.440 e. The summed E-state index contributed by atoms with van der Waals surface area (Å²) < 4.78 is 11.5. The second-order valence-corrected chi connectivity index (χ2v) is 8.35. The molecule has 2 atom stereocenters. The van der Waals surface area contributed by atoms with E-state index in [2.05, 4.69) is 55.1 Å². The maximum absolute atomic E-state index is 12.2. The van der Waals surface area contributed by atoms with Crippen LogP contribution in [0.25, 0.3) is 11.1 Å². The number of anilines is 1. The lowest BCUT2D eigenvalue weighted by atomic mass is 9.97. The molecule has 7 nitrogen and oxygen atoms in total. The summed E-state index contributed by atoms with van der Waals surface area (Å²) in [6, 6.07) is 5.27. The molecule has 3 rings (SSSR count). The molecule has 0 radical (unpaired) electrons. The predicted molar refractivity (Wildman–Crippen MR) is 106 cm³/mol. The summed E-state index contributed by atoms with van der Waals surface area (Å²) in [6.45, 7) is 13.5. The van der Waals surface area contributed by atoms with E-state index >= 15 is 0 Å². The lowest BCUT2D eigenvalue weighted by Gasteiger charge is -2.35. The third-order valence-corrected chi connectivity index (χ3v) is 4.50. The minimum atomic E-state index is -0.219. The number of amides is 2. The summed E-state index contributed by atoms with van der Waals surface area (Å²) in [7, 11) is 0. The van der Waals surface area contributed by atoms with E-state index in [0.29, 0.717) is 18.1 Å². The fourth-order valence-corrected chi connectivity index (χ4v) is 3.30. The average molecular weight is 374 g/mol. The lowest BCUT2D eigenvalue weighted by molar-refractivity contribution is -0.0672. The molecule has 2 aromatic rings. The molecule has 1 aliphatic rings. The SMILES string of the molecule is CC1CN(CCNC(=O)Nc2ccc3oc(C(C)(C)C)nc3c2)CC(C)O1. The Labute approximate surface area is 160 Å². The number of nitrogens with one attached hydrogen (secondary N) is 2. The van der Waals surface area contributed by atoms with Gasteiger partial charge in [0.25, 0.3) is 0 Å². The van der Waals surface area contributed by atoms with Crippen molar-refractivity contribution in [2.24, 2.45) is 0 Å². The number of carbonyl (C=O) groups is 1. The van der Waals surface area contributed by atoms with Crippen molar-refractivity contribution >= 4 is 22.8 Å². The molecule has 7 heteroatoms. The van der Waals surface area contributed by atoms with Crippen LogP contribution in [0.4, 0.5) is 10.5 Å². The minimum absolute atomic E-state index is 0.154. The van der Waals surface area contributed by atoms with E-state index < -0.39 is 0 Å². The number of oxazole rings is 1. The zero-order valence-corrected chi connectivity index (χ0v) is 16.8. The highest BCUT2D eigenvalue weighted by molar-refractivity contribution is 5.91. The van der Waals surface area contributed by atoms with Crippen LogP contribution < -0.4 is 10.6 Å². The van der Waals surface area contributed by atoms with Gasteiger partial charge in [-0.05, 0) is 32.0 Å². The van der Waals surface area contributed by atoms with Crippen LogP contribution in [0.5, 0.6) is 0 Å². The van der Waals surface area contributed by atoms with Gasteiger partial charge in [0, 0.05) is 37.3 Å². The van der Waals surface area contributed by atoms with Crippen LogP contribution in [0.15, 0.2) is 22.6 Å². The fraction of sp³-hybridized carbons (Fsp3) is 0.600. The van der Waals surface area contributed by atoms with Gasteiger partial charge in [-0.2, -0.15) is 0 Å². The van der Waals surface area contributed by atoms with Gasteiger partial charge in [0.05, 0.1) is 12.2 Å². The molecule has 1 fully saturated rings. The Morgan fingerprint density at radius 2 is 1.96 bits per heavy atom. The smallest absolute Gasteiger partial charge is 0.319 e. The number of rotatable bonds is 4. The van der Waals surface area contributed by atoms with Crippen LogP contribution in [0.1, 0.15) is 40.5 Å². The number of hydrogen-bond acceptors (Lipinski definition) is 5. The number of aromatic nitrogens is 1. The van der Waals surface area contributed by atoms with E-state index in [0.717, 1.165) is 30.7 Å². The molecule has 0 saturated carbocycles. The van der Waals surface area contributed by atoms with Crippen molar-refractivity contribution in [1.82, 2.24) is 15.2 Å². The molecule has 2 amide bonds. The Bertz CT molecular complexity index is 786. The van der Waals surface area contributed by atoms with E-state index in [-0.39, 0.29) is 23.7 Å².